The lowest BCUT2D eigenvalue weighted by Crippen LogP contribution is -1.99. The highest BCUT2D eigenvalue weighted by Crippen LogP contribution is 2.19. The highest BCUT2D eigenvalue weighted by atomic mass is 31.0. The van der Waals surface area contributed by atoms with Crippen molar-refractivity contribution in [1.82, 2.24) is 0 Å². The van der Waals surface area contributed by atoms with E-state index in [4.69, 9.17) is 10.8 Å². The van der Waals surface area contributed by atoms with Gasteiger partial charge in [-0.15, -0.1) is 9.24 Å². The summed E-state index contributed by atoms with van der Waals surface area (Å²) in [4.78, 5) is 0. The third kappa shape index (κ3) is 5.42. The Morgan fingerprint density at radius 3 is 1.33 bits per heavy atom. The Morgan fingerprint density at radius 2 is 1.25 bits per heavy atom. The van der Waals surface area contributed by atoms with E-state index in [1.807, 2.05) is 27.7 Å². The molecule has 1 atom stereocenters. The molecule has 0 aromatic carbocycles. The van der Waals surface area contributed by atoms with Crippen LogP contribution in [-0.4, -0.2) is 17.1 Å². The summed E-state index contributed by atoms with van der Waals surface area (Å²) in [5.41, 5.74) is 1.50. The maximum absolute atomic E-state index is 7.15. The third-order valence-corrected chi connectivity index (χ3v) is 1.77. The molecule has 0 spiro atoms. The monoisotopic (exact) mass is 188 g/mol. The summed E-state index contributed by atoms with van der Waals surface area (Å²) in [7, 11) is 2.64. The van der Waals surface area contributed by atoms with Crippen molar-refractivity contribution in [2.24, 2.45) is 0 Å². The van der Waals surface area contributed by atoms with E-state index < -0.39 is 0 Å². The predicted octanol–water partition coefficient (Wildman–Crippen LogP) is 3.12. The van der Waals surface area contributed by atoms with Gasteiger partial charge in [-0.05, 0) is 18.5 Å². The molecule has 1 saturated carbocycles. The zero-order valence-corrected chi connectivity index (χ0v) is 9.72. The Balaban J connectivity index is 0. The molecule has 0 aromatic rings. The molecular formula is C9H21N2P. The lowest BCUT2D eigenvalue weighted by Gasteiger charge is -1.90. The highest BCUT2D eigenvalue weighted by Gasteiger charge is 2.19. The van der Waals surface area contributed by atoms with Gasteiger partial charge in [-0.2, -0.15) is 0 Å². The van der Waals surface area contributed by atoms with Crippen molar-refractivity contribution in [2.75, 3.05) is 0 Å². The van der Waals surface area contributed by atoms with Gasteiger partial charge in [0, 0.05) is 0 Å². The van der Waals surface area contributed by atoms with Crippen LogP contribution < -0.4 is 0 Å². The maximum Gasteiger partial charge on any atom is 0.0527 e. The lowest BCUT2D eigenvalue weighted by molar-refractivity contribution is 0.997. The van der Waals surface area contributed by atoms with Gasteiger partial charge < -0.3 is 10.8 Å². The van der Waals surface area contributed by atoms with Gasteiger partial charge in [0.15, 0.2) is 0 Å². The average Bonchev–Trinajstić information content (AvgIpc) is 2.37. The number of nitrogens with one attached hydrogen (secondary N) is 2. The molecule has 0 aliphatic heterocycles. The van der Waals surface area contributed by atoms with Gasteiger partial charge in [0.05, 0.1) is 11.4 Å². The van der Waals surface area contributed by atoms with E-state index in [2.05, 4.69) is 9.24 Å². The minimum absolute atomic E-state index is 0.468. The molecule has 0 amide bonds. The zero-order valence-electron chi connectivity index (χ0n) is 8.57. The van der Waals surface area contributed by atoms with Crippen molar-refractivity contribution < 1.29 is 0 Å². The predicted molar refractivity (Wildman–Crippen MR) is 60.9 cm³/mol. The van der Waals surface area contributed by atoms with E-state index in [9.17, 15) is 0 Å². The van der Waals surface area contributed by atoms with Crippen molar-refractivity contribution in [3.63, 3.8) is 0 Å². The molecule has 1 unspecified atom stereocenters. The van der Waals surface area contributed by atoms with Gasteiger partial charge in [-0.1, -0.05) is 27.7 Å². The molecule has 72 valence electrons. The molecule has 12 heavy (non-hydrogen) atoms. The number of hydrogen-bond donors (Lipinski definition) is 2. The first-order chi connectivity index (χ1) is 5.70. The summed E-state index contributed by atoms with van der Waals surface area (Å²) in [6.07, 6.45) is 1.56. The molecular weight excluding hydrogens is 167 g/mol. The quantitative estimate of drug-likeness (QED) is 0.549. The standard InChI is InChI=1S/C5H9N2P.2C2H6/c6-4-1-3(8)2-5(4)7;2*1-2/h3,6-7H,1-2,8H2;2*1-2H3. The molecule has 0 bridgehead atoms. The molecule has 0 aromatic heterocycles. The van der Waals surface area contributed by atoms with Gasteiger partial charge >= 0.3 is 0 Å². The van der Waals surface area contributed by atoms with Crippen LogP contribution in [0, 0.1) is 10.8 Å². The number of rotatable bonds is 0. The van der Waals surface area contributed by atoms with Crippen molar-refractivity contribution in [3.8, 4) is 0 Å². The first kappa shape index (κ1) is 14.3. The molecule has 0 radical (unpaired) electrons. The Bertz CT molecular complexity index is 127. The SMILES string of the molecule is CC.CC.N=C1CC(P)CC1=N. The third-order valence-electron chi connectivity index (χ3n) is 1.30. The normalized spacial score (nSPS) is 20.6. The van der Waals surface area contributed by atoms with Crippen LogP contribution in [0.4, 0.5) is 0 Å². The van der Waals surface area contributed by atoms with Crippen LogP contribution in [0.15, 0.2) is 0 Å². The van der Waals surface area contributed by atoms with Gasteiger partial charge in [0.2, 0.25) is 0 Å². The second-order valence-corrected chi connectivity index (χ2v) is 3.07. The summed E-state index contributed by atoms with van der Waals surface area (Å²) in [6, 6.07) is 0. The molecule has 2 nitrogen and oxygen atoms in total. The lowest BCUT2D eigenvalue weighted by atomic mass is 10.3. The smallest absolute Gasteiger partial charge is 0.0527 e. The summed E-state index contributed by atoms with van der Waals surface area (Å²) in [5, 5.41) is 14.3. The fourth-order valence-electron chi connectivity index (χ4n) is 0.843. The van der Waals surface area contributed by atoms with Crippen molar-refractivity contribution >= 4 is 20.7 Å². The van der Waals surface area contributed by atoms with Crippen LogP contribution >= 0.6 is 9.24 Å². The fraction of sp³-hybridized carbons (Fsp3) is 0.778. The minimum atomic E-state index is 0.468. The Labute approximate surface area is 78.4 Å². The van der Waals surface area contributed by atoms with Crippen LogP contribution in [0.5, 0.6) is 0 Å². The van der Waals surface area contributed by atoms with E-state index in [1.165, 1.54) is 0 Å². The van der Waals surface area contributed by atoms with E-state index in [-0.39, 0.29) is 0 Å². The topological polar surface area (TPSA) is 47.7 Å². The van der Waals surface area contributed by atoms with Crippen LogP contribution in [0.2, 0.25) is 0 Å². The van der Waals surface area contributed by atoms with Crippen LogP contribution in [0.3, 0.4) is 0 Å². The van der Waals surface area contributed by atoms with Crippen molar-refractivity contribution in [1.29, 1.82) is 10.8 Å². The van der Waals surface area contributed by atoms with Gasteiger partial charge in [0.25, 0.3) is 0 Å². The Kier molecular flexibility index (Phi) is 10.6. The maximum atomic E-state index is 7.15. The fourth-order valence-corrected chi connectivity index (χ4v) is 1.31. The molecule has 1 aliphatic carbocycles. The first-order valence-corrected chi connectivity index (χ1v) is 5.27. The molecule has 1 aliphatic rings. The summed E-state index contributed by atoms with van der Waals surface area (Å²) < 4.78 is 0. The average molecular weight is 188 g/mol. The van der Waals surface area contributed by atoms with Crippen molar-refractivity contribution in [2.45, 2.75) is 46.2 Å². The van der Waals surface area contributed by atoms with E-state index >= 15 is 0 Å². The van der Waals surface area contributed by atoms with E-state index in [1.54, 1.807) is 0 Å². The van der Waals surface area contributed by atoms with Crippen LogP contribution in [0.25, 0.3) is 0 Å². The highest BCUT2D eigenvalue weighted by molar-refractivity contribution is 7.18. The van der Waals surface area contributed by atoms with Crippen molar-refractivity contribution in [3.05, 3.63) is 0 Å². The van der Waals surface area contributed by atoms with Crippen LogP contribution in [-0.2, 0) is 0 Å². The van der Waals surface area contributed by atoms with Gasteiger partial charge in [-0.3, -0.25) is 0 Å². The molecule has 3 heteroatoms. The summed E-state index contributed by atoms with van der Waals surface area (Å²) in [6.45, 7) is 8.00. The molecule has 0 saturated heterocycles. The Morgan fingerprint density at radius 1 is 1.00 bits per heavy atom. The number of hydrogen-bond acceptors (Lipinski definition) is 2. The zero-order chi connectivity index (χ0) is 10.1. The first-order valence-electron chi connectivity index (χ1n) is 4.61. The summed E-state index contributed by atoms with van der Waals surface area (Å²) in [5.74, 6) is 0. The van der Waals surface area contributed by atoms with Gasteiger partial charge in [0.1, 0.15) is 0 Å². The Hall–Kier alpha value is -0.230. The summed E-state index contributed by atoms with van der Waals surface area (Å²) >= 11 is 0. The molecule has 1 rings (SSSR count). The minimum Gasteiger partial charge on any atom is -0.303 e. The van der Waals surface area contributed by atoms with Crippen LogP contribution in [0.1, 0.15) is 40.5 Å². The van der Waals surface area contributed by atoms with E-state index in [0.29, 0.717) is 17.1 Å². The second kappa shape index (κ2) is 8.86. The van der Waals surface area contributed by atoms with Gasteiger partial charge in [-0.25, -0.2) is 0 Å². The molecule has 0 heterocycles. The van der Waals surface area contributed by atoms with E-state index in [0.717, 1.165) is 12.8 Å². The molecule has 2 N–H and O–H groups in total. The largest absolute Gasteiger partial charge is 0.303 e. The second-order valence-electron chi connectivity index (χ2n) is 2.13. The molecule has 1 fully saturated rings.